The van der Waals surface area contributed by atoms with E-state index in [1.165, 1.54) is 25.9 Å². The minimum atomic E-state index is -0.731. The van der Waals surface area contributed by atoms with Crippen molar-refractivity contribution in [3.05, 3.63) is 0 Å². The van der Waals surface area contributed by atoms with Gasteiger partial charge in [0.2, 0.25) is 0 Å². The van der Waals surface area contributed by atoms with E-state index in [4.69, 9.17) is 5.11 Å². The van der Waals surface area contributed by atoms with Crippen molar-refractivity contribution in [2.45, 2.75) is 18.9 Å². The smallest absolute Gasteiger partial charge is 0.317 e. The second-order valence-electron chi connectivity index (χ2n) is 4.64. The van der Waals surface area contributed by atoms with Gasteiger partial charge in [0.25, 0.3) is 0 Å². The largest absolute Gasteiger partial charge is 0.480 e. The molecule has 2 fully saturated rings. The van der Waals surface area contributed by atoms with Crippen molar-refractivity contribution in [3.8, 4) is 0 Å². The molecule has 0 aromatic heterocycles. The molecule has 2 rings (SSSR count). The van der Waals surface area contributed by atoms with Crippen LogP contribution in [-0.2, 0) is 4.79 Å². The van der Waals surface area contributed by atoms with E-state index in [9.17, 15) is 4.79 Å². The van der Waals surface area contributed by atoms with Crippen LogP contribution in [0.4, 0.5) is 0 Å². The van der Waals surface area contributed by atoms with Crippen molar-refractivity contribution in [1.29, 1.82) is 0 Å². The fraction of sp³-hybridized carbons (Fsp3) is 0.900. The van der Waals surface area contributed by atoms with Gasteiger partial charge in [-0.1, -0.05) is 0 Å². The molecule has 0 radical (unpaired) electrons. The molecular weight excluding hydrogens is 180 g/mol. The minimum absolute atomic E-state index is 0.167. The molecular formula is C10H18N2O2. The van der Waals surface area contributed by atoms with Gasteiger partial charge in [-0.05, 0) is 25.8 Å². The number of hydrogen-bond acceptors (Lipinski definition) is 3. The zero-order valence-corrected chi connectivity index (χ0v) is 8.65. The van der Waals surface area contributed by atoms with Crippen LogP contribution in [-0.4, -0.2) is 60.1 Å². The molecule has 0 aromatic rings. The highest BCUT2D eigenvalue weighted by molar-refractivity contribution is 5.68. The molecule has 80 valence electrons. The average Bonchev–Trinajstić information content (AvgIpc) is 2.76. The molecule has 0 bridgehead atoms. The number of likely N-dealkylation sites (N-methyl/N-ethyl adjacent to an activating group) is 1. The average molecular weight is 198 g/mol. The van der Waals surface area contributed by atoms with E-state index in [0.29, 0.717) is 5.92 Å². The highest BCUT2D eigenvalue weighted by Crippen LogP contribution is 2.32. The van der Waals surface area contributed by atoms with Crippen molar-refractivity contribution < 1.29 is 9.90 Å². The van der Waals surface area contributed by atoms with Crippen LogP contribution in [0.15, 0.2) is 0 Å². The van der Waals surface area contributed by atoms with Crippen molar-refractivity contribution >= 4 is 5.97 Å². The number of rotatable bonds is 5. The summed E-state index contributed by atoms with van der Waals surface area (Å²) in [5.74, 6) is -0.0363. The Morgan fingerprint density at radius 3 is 2.64 bits per heavy atom. The Balaban J connectivity index is 1.60. The molecule has 0 amide bonds. The van der Waals surface area contributed by atoms with Gasteiger partial charge >= 0.3 is 5.97 Å². The third-order valence-corrected chi connectivity index (χ3v) is 3.02. The summed E-state index contributed by atoms with van der Waals surface area (Å²) in [4.78, 5) is 14.8. The molecule has 2 aliphatic rings. The normalized spacial score (nSPS) is 23.9. The molecule has 14 heavy (non-hydrogen) atoms. The number of carboxylic acid groups (broad SMARTS) is 1. The first kappa shape index (κ1) is 9.93. The van der Waals surface area contributed by atoms with Gasteiger partial charge in [-0.3, -0.25) is 14.6 Å². The molecule has 1 heterocycles. The SMILES string of the molecule is CN(CC(=O)O)CC1CN(C2CC2)C1. The maximum atomic E-state index is 10.4. The summed E-state index contributed by atoms with van der Waals surface area (Å²) in [5, 5.41) is 8.59. The molecule has 1 N–H and O–H groups in total. The Morgan fingerprint density at radius 2 is 2.14 bits per heavy atom. The molecule has 4 heteroatoms. The summed E-state index contributed by atoms with van der Waals surface area (Å²) < 4.78 is 0. The number of hydrogen-bond donors (Lipinski definition) is 1. The van der Waals surface area contributed by atoms with Gasteiger partial charge in [0, 0.05) is 25.7 Å². The van der Waals surface area contributed by atoms with Crippen molar-refractivity contribution in [3.63, 3.8) is 0 Å². The van der Waals surface area contributed by atoms with E-state index in [1.54, 1.807) is 0 Å². The first-order valence-electron chi connectivity index (χ1n) is 5.29. The van der Waals surface area contributed by atoms with Crippen LogP contribution in [0, 0.1) is 5.92 Å². The predicted molar refractivity (Wildman–Crippen MR) is 53.2 cm³/mol. The summed E-state index contributed by atoms with van der Waals surface area (Å²) in [6.07, 6.45) is 2.75. The Hall–Kier alpha value is -0.610. The zero-order chi connectivity index (χ0) is 10.1. The Labute approximate surface area is 84.5 Å². The van der Waals surface area contributed by atoms with Crippen LogP contribution >= 0.6 is 0 Å². The van der Waals surface area contributed by atoms with Gasteiger partial charge in [-0.15, -0.1) is 0 Å². The summed E-state index contributed by atoms with van der Waals surface area (Å²) >= 11 is 0. The molecule has 1 aliphatic heterocycles. The van der Waals surface area contributed by atoms with Gasteiger partial charge in [0.1, 0.15) is 0 Å². The molecule has 1 saturated heterocycles. The number of carboxylic acids is 1. The number of carbonyl (C=O) groups is 1. The zero-order valence-electron chi connectivity index (χ0n) is 8.65. The van der Waals surface area contributed by atoms with Gasteiger partial charge < -0.3 is 5.11 Å². The van der Waals surface area contributed by atoms with E-state index in [0.717, 1.165) is 12.6 Å². The Morgan fingerprint density at radius 1 is 1.50 bits per heavy atom. The van der Waals surface area contributed by atoms with E-state index < -0.39 is 5.97 Å². The van der Waals surface area contributed by atoms with Crippen molar-refractivity contribution in [2.75, 3.05) is 33.2 Å². The molecule has 4 nitrogen and oxygen atoms in total. The van der Waals surface area contributed by atoms with E-state index >= 15 is 0 Å². The lowest BCUT2D eigenvalue weighted by Gasteiger charge is -2.41. The Kier molecular flexibility index (Phi) is 2.74. The summed E-state index contributed by atoms with van der Waals surface area (Å²) in [6, 6.07) is 0.871. The Bertz CT molecular complexity index is 222. The van der Waals surface area contributed by atoms with Gasteiger partial charge in [-0.25, -0.2) is 0 Å². The van der Waals surface area contributed by atoms with Gasteiger partial charge in [0.05, 0.1) is 6.54 Å². The van der Waals surface area contributed by atoms with Crippen LogP contribution in [0.3, 0.4) is 0 Å². The molecule has 1 aliphatic carbocycles. The molecule has 0 atom stereocenters. The number of aliphatic carboxylic acids is 1. The standard InChI is InChI=1S/C10H18N2O2/c1-11(7-10(13)14)4-8-5-12(6-8)9-2-3-9/h8-9H,2-7H2,1H3,(H,13,14). The summed E-state index contributed by atoms with van der Waals surface area (Å²) in [5.41, 5.74) is 0. The molecule has 0 aromatic carbocycles. The van der Waals surface area contributed by atoms with Gasteiger partial charge in [0.15, 0.2) is 0 Å². The third kappa shape index (κ3) is 2.45. The monoisotopic (exact) mass is 198 g/mol. The number of likely N-dealkylation sites (tertiary alicyclic amines) is 1. The second-order valence-corrected chi connectivity index (χ2v) is 4.64. The lowest BCUT2D eigenvalue weighted by atomic mass is 9.99. The predicted octanol–water partition coefficient (Wildman–Crippen LogP) is 0.0970. The van der Waals surface area contributed by atoms with Crippen LogP contribution in [0.25, 0.3) is 0 Å². The fourth-order valence-corrected chi connectivity index (χ4v) is 2.20. The van der Waals surface area contributed by atoms with Crippen LogP contribution in [0.5, 0.6) is 0 Å². The maximum absolute atomic E-state index is 10.4. The van der Waals surface area contributed by atoms with Gasteiger partial charge in [-0.2, -0.15) is 0 Å². The topological polar surface area (TPSA) is 43.8 Å². The molecule has 0 spiro atoms. The lowest BCUT2D eigenvalue weighted by molar-refractivity contribution is -0.138. The van der Waals surface area contributed by atoms with Crippen LogP contribution in [0.2, 0.25) is 0 Å². The lowest BCUT2D eigenvalue weighted by Crippen LogP contribution is -2.52. The quantitative estimate of drug-likeness (QED) is 0.680. The minimum Gasteiger partial charge on any atom is -0.480 e. The van der Waals surface area contributed by atoms with Crippen LogP contribution < -0.4 is 0 Å². The summed E-state index contributed by atoms with van der Waals surface area (Å²) in [6.45, 7) is 3.44. The van der Waals surface area contributed by atoms with E-state index in [2.05, 4.69) is 4.90 Å². The summed E-state index contributed by atoms with van der Waals surface area (Å²) in [7, 11) is 1.88. The van der Waals surface area contributed by atoms with Crippen molar-refractivity contribution in [2.24, 2.45) is 5.92 Å². The highest BCUT2D eigenvalue weighted by atomic mass is 16.4. The van der Waals surface area contributed by atoms with Crippen molar-refractivity contribution in [1.82, 2.24) is 9.80 Å². The number of nitrogens with zero attached hydrogens (tertiary/aromatic N) is 2. The maximum Gasteiger partial charge on any atom is 0.317 e. The van der Waals surface area contributed by atoms with Crippen LogP contribution in [0.1, 0.15) is 12.8 Å². The third-order valence-electron chi connectivity index (χ3n) is 3.02. The fourth-order valence-electron chi connectivity index (χ4n) is 2.20. The highest BCUT2D eigenvalue weighted by Gasteiger charge is 2.37. The first-order valence-corrected chi connectivity index (χ1v) is 5.29. The molecule has 0 unspecified atom stereocenters. The second kappa shape index (κ2) is 3.87. The van der Waals surface area contributed by atoms with E-state index in [-0.39, 0.29) is 6.54 Å². The molecule has 1 saturated carbocycles. The first-order chi connectivity index (χ1) is 6.65. The van der Waals surface area contributed by atoms with E-state index in [1.807, 2.05) is 11.9 Å².